The Morgan fingerprint density at radius 2 is 1.90 bits per heavy atom. The van der Waals surface area contributed by atoms with E-state index in [1.54, 1.807) is 19.5 Å². The first-order valence-corrected chi connectivity index (χ1v) is 9.80. The molecule has 2 heterocycles. The Balaban J connectivity index is 1.86. The Morgan fingerprint density at radius 1 is 1.10 bits per heavy atom. The number of aromatic nitrogens is 3. The summed E-state index contributed by atoms with van der Waals surface area (Å²) >= 11 is 0. The minimum absolute atomic E-state index is 0.178. The molecule has 29 heavy (non-hydrogen) atoms. The first-order valence-electron chi connectivity index (χ1n) is 9.80. The van der Waals surface area contributed by atoms with E-state index in [1.165, 1.54) is 6.07 Å². The second-order valence-electron chi connectivity index (χ2n) is 6.73. The number of unbranched alkanes of at least 4 members (excludes halogenated alkanes) is 1. The average molecular weight is 393 g/mol. The fourth-order valence-electron chi connectivity index (χ4n) is 3.20. The molecule has 0 saturated carbocycles. The summed E-state index contributed by atoms with van der Waals surface area (Å²) in [7, 11) is 1.68. The number of H-pyrrole nitrogens is 1. The highest BCUT2D eigenvalue weighted by atomic mass is 16.5. The number of nitrogens with one attached hydrogen (secondary N) is 1. The highest BCUT2D eigenvalue weighted by molar-refractivity contribution is 5.59. The number of nitrogens with zero attached hydrogens (tertiary/aromatic N) is 3. The summed E-state index contributed by atoms with van der Waals surface area (Å²) in [6, 6.07) is 13.2. The Labute approximate surface area is 170 Å². The smallest absolute Gasteiger partial charge is 0.252 e. The highest BCUT2D eigenvalue weighted by Crippen LogP contribution is 2.20. The zero-order chi connectivity index (χ0) is 20.5. The molecule has 0 unspecified atom stereocenters. The van der Waals surface area contributed by atoms with E-state index in [-0.39, 0.29) is 5.56 Å². The number of pyridine rings is 1. The number of para-hydroxylation sites is 1. The molecule has 1 aromatic carbocycles. The minimum Gasteiger partial charge on any atom is -0.496 e. The number of methoxy groups -OCH3 is 1. The maximum atomic E-state index is 12.3. The van der Waals surface area contributed by atoms with Gasteiger partial charge >= 0.3 is 0 Å². The molecule has 7 nitrogen and oxygen atoms in total. The molecule has 0 fully saturated rings. The summed E-state index contributed by atoms with van der Waals surface area (Å²) in [6.07, 6.45) is 6.00. The van der Waals surface area contributed by atoms with Gasteiger partial charge in [-0.05, 0) is 49.6 Å². The van der Waals surface area contributed by atoms with E-state index in [9.17, 15) is 4.79 Å². The topological polar surface area (TPSA) is 97.1 Å². The van der Waals surface area contributed by atoms with Crippen LogP contribution in [0.5, 0.6) is 5.75 Å². The van der Waals surface area contributed by atoms with Crippen LogP contribution in [0.3, 0.4) is 0 Å². The molecular formula is C22H27N5O2. The van der Waals surface area contributed by atoms with E-state index < -0.39 is 0 Å². The normalized spacial score (nSPS) is 10.7. The monoisotopic (exact) mass is 393 g/mol. The molecule has 0 aliphatic rings. The lowest BCUT2D eigenvalue weighted by Crippen LogP contribution is -2.31. The number of ether oxygens (including phenoxy) is 1. The van der Waals surface area contributed by atoms with Gasteiger partial charge in [0.25, 0.3) is 5.56 Å². The fourth-order valence-corrected chi connectivity index (χ4v) is 3.20. The van der Waals surface area contributed by atoms with Crippen LogP contribution in [0.1, 0.15) is 18.4 Å². The van der Waals surface area contributed by atoms with Gasteiger partial charge in [-0.1, -0.05) is 18.2 Å². The number of benzene rings is 1. The van der Waals surface area contributed by atoms with Crippen molar-refractivity contribution in [3.8, 4) is 17.0 Å². The molecule has 0 bridgehead atoms. The van der Waals surface area contributed by atoms with Gasteiger partial charge in [-0.2, -0.15) is 0 Å². The Morgan fingerprint density at radius 3 is 2.66 bits per heavy atom. The van der Waals surface area contributed by atoms with Gasteiger partial charge in [0, 0.05) is 37.1 Å². The lowest BCUT2D eigenvalue weighted by Gasteiger charge is -2.24. The third kappa shape index (κ3) is 5.65. The van der Waals surface area contributed by atoms with Crippen LogP contribution in [0.4, 0.5) is 5.95 Å². The van der Waals surface area contributed by atoms with E-state index in [0.717, 1.165) is 42.7 Å². The first kappa shape index (κ1) is 20.5. The standard InChI is InChI=1S/C22H27N5O2/c1-29-20-7-3-2-6-18(20)10-15-27(14-5-4-11-23)22-25-19(16-21(28)26-22)17-8-12-24-13-9-17/h2-3,6-9,12-13,16H,4-5,10-11,14-15,23H2,1H3,(H,25,26,28). The molecule has 0 spiro atoms. The van der Waals surface area contributed by atoms with Crippen LogP contribution in [0, 0.1) is 0 Å². The summed E-state index contributed by atoms with van der Waals surface area (Å²) < 4.78 is 5.46. The van der Waals surface area contributed by atoms with E-state index >= 15 is 0 Å². The van der Waals surface area contributed by atoms with Crippen molar-refractivity contribution < 1.29 is 4.74 Å². The van der Waals surface area contributed by atoms with Crippen molar-refractivity contribution in [3.63, 3.8) is 0 Å². The third-order valence-corrected chi connectivity index (χ3v) is 4.73. The molecule has 3 aromatic rings. The van der Waals surface area contributed by atoms with Gasteiger partial charge < -0.3 is 15.4 Å². The molecule has 3 rings (SSSR count). The van der Waals surface area contributed by atoms with Crippen LogP contribution >= 0.6 is 0 Å². The zero-order valence-electron chi connectivity index (χ0n) is 16.7. The second-order valence-corrected chi connectivity index (χ2v) is 6.73. The summed E-state index contributed by atoms with van der Waals surface area (Å²) in [5, 5.41) is 0. The molecule has 0 amide bonds. The predicted octanol–water partition coefficient (Wildman–Crippen LogP) is 2.63. The van der Waals surface area contributed by atoms with Crippen molar-refractivity contribution in [2.24, 2.45) is 5.73 Å². The van der Waals surface area contributed by atoms with Crippen LogP contribution in [0.2, 0.25) is 0 Å². The van der Waals surface area contributed by atoms with Crippen molar-refractivity contribution in [2.45, 2.75) is 19.3 Å². The number of rotatable bonds is 10. The van der Waals surface area contributed by atoms with E-state index in [4.69, 9.17) is 15.5 Å². The molecule has 2 aromatic heterocycles. The number of aromatic amines is 1. The summed E-state index contributed by atoms with van der Waals surface area (Å²) in [4.78, 5) is 26.1. The number of anilines is 1. The third-order valence-electron chi connectivity index (χ3n) is 4.73. The van der Waals surface area contributed by atoms with Crippen LogP contribution in [-0.2, 0) is 6.42 Å². The van der Waals surface area contributed by atoms with Crippen molar-refractivity contribution in [3.05, 3.63) is 70.8 Å². The number of nitrogens with two attached hydrogens (primary N) is 1. The highest BCUT2D eigenvalue weighted by Gasteiger charge is 2.13. The number of hydrogen-bond acceptors (Lipinski definition) is 6. The molecule has 0 atom stereocenters. The molecule has 3 N–H and O–H groups in total. The molecule has 0 aliphatic heterocycles. The SMILES string of the molecule is COc1ccccc1CCN(CCCCN)c1nc(-c2ccncc2)cc(=O)[nH]1. The lowest BCUT2D eigenvalue weighted by molar-refractivity contribution is 0.409. The average Bonchev–Trinajstić information content (AvgIpc) is 2.76. The van der Waals surface area contributed by atoms with E-state index in [0.29, 0.717) is 24.7 Å². The predicted molar refractivity (Wildman–Crippen MR) is 115 cm³/mol. The maximum Gasteiger partial charge on any atom is 0.252 e. The van der Waals surface area contributed by atoms with Gasteiger partial charge in [0.2, 0.25) is 5.95 Å². The number of hydrogen-bond donors (Lipinski definition) is 2. The van der Waals surface area contributed by atoms with Gasteiger partial charge in [-0.15, -0.1) is 0 Å². The van der Waals surface area contributed by atoms with Crippen LogP contribution in [0.15, 0.2) is 59.7 Å². The lowest BCUT2D eigenvalue weighted by atomic mass is 10.1. The van der Waals surface area contributed by atoms with Gasteiger partial charge in [0.1, 0.15) is 5.75 Å². The quantitative estimate of drug-likeness (QED) is 0.514. The van der Waals surface area contributed by atoms with Crippen molar-refractivity contribution in [2.75, 3.05) is 31.6 Å². The van der Waals surface area contributed by atoms with Crippen LogP contribution < -0.4 is 20.9 Å². The van der Waals surface area contributed by atoms with E-state index in [2.05, 4.69) is 20.9 Å². The van der Waals surface area contributed by atoms with Crippen molar-refractivity contribution in [1.29, 1.82) is 0 Å². The zero-order valence-corrected chi connectivity index (χ0v) is 16.7. The molecule has 152 valence electrons. The molecule has 7 heteroatoms. The Bertz CT molecular complexity index is 959. The van der Waals surface area contributed by atoms with Crippen LogP contribution in [0.25, 0.3) is 11.3 Å². The molecule has 0 aliphatic carbocycles. The molecule has 0 saturated heterocycles. The largest absolute Gasteiger partial charge is 0.496 e. The van der Waals surface area contributed by atoms with Gasteiger partial charge in [0.05, 0.1) is 12.8 Å². The summed E-state index contributed by atoms with van der Waals surface area (Å²) in [5.74, 6) is 1.43. The maximum absolute atomic E-state index is 12.3. The second kappa shape index (κ2) is 10.4. The minimum atomic E-state index is -0.178. The first-order chi connectivity index (χ1) is 14.2. The van der Waals surface area contributed by atoms with Gasteiger partial charge in [-0.25, -0.2) is 4.98 Å². The Hall–Kier alpha value is -3.19. The van der Waals surface area contributed by atoms with Gasteiger partial charge in [-0.3, -0.25) is 14.8 Å². The fraction of sp³-hybridized carbons (Fsp3) is 0.318. The molecular weight excluding hydrogens is 366 g/mol. The van der Waals surface area contributed by atoms with Gasteiger partial charge in [0.15, 0.2) is 0 Å². The van der Waals surface area contributed by atoms with E-state index in [1.807, 2.05) is 30.3 Å². The summed E-state index contributed by atoms with van der Waals surface area (Å²) in [6.45, 7) is 2.10. The van der Waals surface area contributed by atoms with Crippen molar-refractivity contribution in [1.82, 2.24) is 15.0 Å². The summed E-state index contributed by atoms with van der Waals surface area (Å²) in [5.41, 5.74) is 8.10. The Kier molecular flexibility index (Phi) is 7.35. The molecule has 0 radical (unpaired) electrons. The van der Waals surface area contributed by atoms with Crippen molar-refractivity contribution >= 4 is 5.95 Å². The van der Waals surface area contributed by atoms with Crippen LogP contribution in [-0.4, -0.2) is 41.7 Å².